The Kier molecular flexibility index (Phi) is 5.22. The van der Waals surface area contributed by atoms with E-state index in [1.165, 1.54) is 25.7 Å². The zero-order chi connectivity index (χ0) is 13.7. The number of aliphatic hydroxyl groups is 1. The second kappa shape index (κ2) is 6.71. The molecule has 0 bridgehead atoms. The Morgan fingerprint density at radius 1 is 1.05 bits per heavy atom. The van der Waals surface area contributed by atoms with Gasteiger partial charge in [0.2, 0.25) is 0 Å². The summed E-state index contributed by atoms with van der Waals surface area (Å²) in [7, 11) is 0. The molecule has 2 N–H and O–H groups in total. The molecule has 0 spiro atoms. The Balaban J connectivity index is 1.74. The molecule has 0 amide bonds. The molecular formula is C15H26O4. The van der Waals surface area contributed by atoms with Gasteiger partial charge in [0.25, 0.3) is 0 Å². The summed E-state index contributed by atoms with van der Waals surface area (Å²) in [4.78, 5) is 10.9. The average Bonchev–Trinajstić information content (AvgIpc) is 2.65. The van der Waals surface area contributed by atoms with Gasteiger partial charge < -0.3 is 14.9 Å². The van der Waals surface area contributed by atoms with Gasteiger partial charge in [-0.2, -0.15) is 0 Å². The van der Waals surface area contributed by atoms with Crippen molar-refractivity contribution in [1.82, 2.24) is 0 Å². The molecule has 4 nitrogen and oxygen atoms in total. The van der Waals surface area contributed by atoms with E-state index in [0.29, 0.717) is 38.4 Å². The van der Waals surface area contributed by atoms with Gasteiger partial charge in [-0.3, -0.25) is 4.79 Å². The Hall–Kier alpha value is -0.610. The summed E-state index contributed by atoms with van der Waals surface area (Å²) >= 11 is 0. The first kappa shape index (κ1) is 14.8. The van der Waals surface area contributed by atoms with Crippen LogP contribution < -0.4 is 0 Å². The third kappa shape index (κ3) is 4.46. The topological polar surface area (TPSA) is 66.8 Å². The Bertz CT molecular complexity index is 287. The Morgan fingerprint density at radius 3 is 2.16 bits per heavy atom. The van der Waals surface area contributed by atoms with E-state index in [1.807, 2.05) is 0 Å². The van der Waals surface area contributed by atoms with Gasteiger partial charge in [-0.25, -0.2) is 0 Å². The van der Waals surface area contributed by atoms with Gasteiger partial charge in [-0.05, 0) is 38.5 Å². The summed E-state index contributed by atoms with van der Waals surface area (Å²) in [6, 6.07) is 0. The molecule has 2 aliphatic carbocycles. The van der Waals surface area contributed by atoms with Crippen molar-refractivity contribution in [3.05, 3.63) is 0 Å². The van der Waals surface area contributed by atoms with Gasteiger partial charge >= 0.3 is 5.97 Å². The number of carboxylic acids is 1. The van der Waals surface area contributed by atoms with Gasteiger partial charge in [0.05, 0.1) is 24.2 Å². The molecule has 0 aliphatic heterocycles. The van der Waals surface area contributed by atoms with E-state index in [-0.39, 0.29) is 5.92 Å². The molecule has 0 heterocycles. The number of carboxylic acid groups (broad SMARTS) is 1. The van der Waals surface area contributed by atoms with Crippen molar-refractivity contribution in [2.24, 2.45) is 5.92 Å². The van der Waals surface area contributed by atoms with Gasteiger partial charge in [-0.1, -0.05) is 25.7 Å². The van der Waals surface area contributed by atoms with Crippen LogP contribution in [0.4, 0.5) is 0 Å². The molecule has 110 valence electrons. The third-order valence-electron chi connectivity index (χ3n) is 4.66. The summed E-state index contributed by atoms with van der Waals surface area (Å²) in [6.45, 7) is 0.379. The van der Waals surface area contributed by atoms with Crippen LogP contribution in [0.25, 0.3) is 0 Å². The summed E-state index contributed by atoms with van der Waals surface area (Å²) < 4.78 is 5.90. The minimum absolute atomic E-state index is 0.279. The van der Waals surface area contributed by atoms with Crippen LogP contribution in [-0.4, -0.2) is 34.5 Å². The van der Waals surface area contributed by atoms with Crippen LogP contribution in [0.1, 0.15) is 64.2 Å². The lowest BCUT2D eigenvalue weighted by Gasteiger charge is -2.35. The first-order valence-corrected chi connectivity index (χ1v) is 7.66. The van der Waals surface area contributed by atoms with Crippen LogP contribution in [0.5, 0.6) is 0 Å². The number of carbonyl (C=O) groups is 1. The molecule has 0 aromatic rings. The summed E-state index contributed by atoms with van der Waals surface area (Å²) in [5.74, 6) is -1.01. The monoisotopic (exact) mass is 270 g/mol. The second-order valence-electron chi connectivity index (χ2n) is 6.26. The van der Waals surface area contributed by atoms with Crippen LogP contribution in [0.2, 0.25) is 0 Å². The molecule has 2 saturated carbocycles. The van der Waals surface area contributed by atoms with E-state index in [1.54, 1.807) is 0 Å². The third-order valence-corrected chi connectivity index (χ3v) is 4.66. The number of ether oxygens (including phenoxy) is 1. The van der Waals surface area contributed by atoms with Crippen LogP contribution >= 0.6 is 0 Å². The molecule has 2 fully saturated rings. The van der Waals surface area contributed by atoms with E-state index >= 15 is 0 Å². The SMILES string of the molecule is O=C(O)C1CCC(O)(COC2CCCCCC2)CC1. The van der Waals surface area contributed by atoms with Crippen molar-refractivity contribution >= 4 is 5.97 Å². The van der Waals surface area contributed by atoms with Crippen molar-refractivity contribution in [3.63, 3.8) is 0 Å². The minimum atomic E-state index is -0.793. The van der Waals surface area contributed by atoms with E-state index < -0.39 is 11.6 Å². The van der Waals surface area contributed by atoms with Gasteiger partial charge in [0, 0.05) is 0 Å². The van der Waals surface area contributed by atoms with Gasteiger partial charge in [0.15, 0.2) is 0 Å². The lowest BCUT2D eigenvalue weighted by atomic mass is 9.79. The zero-order valence-electron chi connectivity index (χ0n) is 11.6. The standard InChI is InChI=1S/C15H26O4/c16-14(17)12-7-9-15(18,10-8-12)11-19-13-5-3-1-2-4-6-13/h12-13,18H,1-11H2,(H,16,17). The van der Waals surface area contributed by atoms with E-state index in [9.17, 15) is 9.90 Å². The van der Waals surface area contributed by atoms with Crippen LogP contribution in [-0.2, 0) is 9.53 Å². The maximum absolute atomic E-state index is 10.9. The zero-order valence-corrected chi connectivity index (χ0v) is 11.6. The maximum Gasteiger partial charge on any atom is 0.306 e. The van der Waals surface area contributed by atoms with Gasteiger partial charge in [-0.15, -0.1) is 0 Å². The van der Waals surface area contributed by atoms with Crippen molar-refractivity contribution in [2.75, 3.05) is 6.61 Å². The summed E-state index contributed by atoms with van der Waals surface area (Å²) in [5.41, 5.74) is -0.793. The van der Waals surface area contributed by atoms with E-state index in [2.05, 4.69) is 0 Å². The first-order chi connectivity index (χ1) is 9.09. The van der Waals surface area contributed by atoms with Gasteiger partial charge in [0.1, 0.15) is 0 Å². The molecule has 0 unspecified atom stereocenters. The fraction of sp³-hybridized carbons (Fsp3) is 0.933. The first-order valence-electron chi connectivity index (χ1n) is 7.66. The van der Waals surface area contributed by atoms with Crippen LogP contribution in [0, 0.1) is 5.92 Å². The molecule has 19 heavy (non-hydrogen) atoms. The molecule has 0 aromatic heterocycles. The fourth-order valence-electron chi connectivity index (χ4n) is 3.23. The summed E-state index contributed by atoms with van der Waals surface area (Å²) in [5, 5.41) is 19.4. The molecular weight excluding hydrogens is 244 g/mol. The predicted octanol–water partition coefficient (Wildman–Crippen LogP) is 2.73. The number of hydrogen-bond donors (Lipinski definition) is 2. The Labute approximate surface area is 115 Å². The van der Waals surface area contributed by atoms with Crippen LogP contribution in [0.15, 0.2) is 0 Å². The minimum Gasteiger partial charge on any atom is -0.481 e. The second-order valence-corrected chi connectivity index (χ2v) is 6.26. The van der Waals surface area contributed by atoms with Crippen molar-refractivity contribution in [3.8, 4) is 0 Å². The van der Waals surface area contributed by atoms with E-state index in [4.69, 9.17) is 9.84 Å². The molecule has 0 radical (unpaired) electrons. The quantitative estimate of drug-likeness (QED) is 0.771. The van der Waals surface area contributed by atoms with Crippen molar-refractivity contribution in [1.29, 1.82) is 0 Å². The molecule has 4 heteroatoms. The van der Waals surface area contributed by atoms with Crippen molar-refractivity contribution in [2.45, 2.75) is 75.9 Å². The number of rotatable bonds is 4. The lowest BCUT2D eigenvalue weighted by Crippen LogP contribution is -2.41. The lowest BCUT2D eigenvalue weighted by molar-refractivity contribution is -0.147. The maximum atomic E-state index is 10.9. The molecule has 2 rings (SSSR count). The molecule has 2 aliphatic rings. The number of hydrogen-bond acceptors (Lipinski definition) is 3. The average molecular weight is 270 g/mol. The molecule has 0 saturated heterocycles. The molecule has 0 atom stereocenters. The largest absolute Gasteiger partial charge is 0.481 e. The van der Waals surface area contributed by atoms with E-state index in [0.717, 1.165) is 12.8 Å². The summed E-state index contributed by atoms with van der Waals surface area (Å²) in [6.07, 6.45) is 9.79. The smallest absolute Gasteiger partial charge is 0.306 e. The number of aliphatic carboxylic acids is 1. The normalized spacial score (nSPS) is 33.8. The fourth-order valence-corrected chi connectivity index (χ4v) is 3.23. The van der Waals surface area contributed by atoms with Crippen LogP contribution in [0.3, 0.4) is 0 Å². The highest BCUT2D eigenvalue weighted by molar-refractivity contribution is 5.70. The predicted molar refractivity (Wildman–Crippen MR) is 72.0 cm³/mol. The highest BCUT2D eigenvalue weighted by Crippen LogP contribution is 2.33. The Morgan fingerprint density at radius 2 is 1.63 bits per heavy atom. The van der Waals surface area contributed by atoms with Crippen molar-refractivity contribution < 1.29 is 19.7 Å². The highest BCUT2D eigenvalue weighted by atomic mass is 16.5. The molecule has 0 aromatic carbocycles. The highest BCUT2D eigenvalue weighted by Gasteiger charge is 2.36.